The molecular formula is C14H16N6OS. The normalized spacial score (nSPS) is 10.8. The first kappa shape index (κ1) is 14.5. The molecule has 3 heterocycles. The predicted octanol–water partition coefficient (Wildman–Crippen LogP) is 1.78. The van der Waals surface area contributed by atoms with Crippen molar-refractivity contribution in [2.45, 2.75) is 20.4 Å². The van der Waals surface area contributed by atoms with E-state index in [4.69, 9.17) is 0 Å². The summed E-state index contributed by atoms with van der Waals surface area (Å²) < 4.78 is 1.69. The molecule has 0 aliphatic rings. The zero-order valence-electron chi connectivity index (χ0n) is 12.3. The summed E-state index contributed by atoms with van der Waals surface area (Å²) in [4.78, 5) is 14.3. The summed E-state index contributed by atoms with van der Waals surface area (Å²) >= 11 is 1.66. The molecule has 0 aliphatic heterocycles. The number of nitrogens with zero attached hydrogens (tertiary/aromatic N) is 4. The van der Waals surface area contributed by atoms with E-state index in [1.807, 2.05) is 32.2 Å². The quantitative estimate of drug-likeness (QED) is 0.751. The molecule has 3 rings (SSSR count). The molecule has 3 aromatic heterocycles. The van der Waals surface area contributed by atoms with Gasteiger partial charge in [0.2, 0.25) is 0 Å². The Labute approximate surface area is 131 Å². The van der Waals surface area contributed by atoms with Gasteiger partial charge in [0.1, 0.15) is 0 Å². The minimum absolute atomic E-state index is 0.201. The van der Waals surface area contributed by atoms with Crippen molar-refractivity contribution in [1.29, 1.82) is 0 Å². The molecule has 7 nitrogen and oxygen atoms in total. The minimum Gasteiger partial charge on any atom is -0.349 e. The molecule has 0 saturated carbocycles. The molecule has 0 radical (unpaired) electrons. The lowest BCUT2D eigenvalue weighted by molar-refractivity contribution is 0.0947. The summed E-state index contributed by atoms with van der Waals surface area (Å²) in [5, 5.41) is 17.6. The smallest absolute Gasteiger partial charge is 0.271 e. The van der Waals surface area contributed by atoms with E-state index < -0.39 is 0 Å². The first-order valence-electron chi connectivity index (χ1n) is 6.89. The van der Waals surface area contributed by atoms with E-state index in [0.717, 1.165) is 16.3 Å². The fraction of sp³-hybridized carbons (Fsp3) is 0.286. The van der Waals surface area contributed by atoms with Gasteiger partial charge in [0, 0.05) is 17.6 Å². The zero-order valence-corrected chi connectivity index (χ0v) is 13.1. The van der Waals surface area contributed by atoms with Gasteiger partial charge >= 0.3 is 0 Å². The highest BCUT2D eigenvalue weighted by Crippen LogP contribution is 2.26. The number of amides is 1. The van der Waals surface area contributed by atoms with E-state index in [2.05, 4.69) is 25.8 Å². The van der Waals surface area contributed by atoms with Crippen molar-refractivity contribution >= 4 is 17.2 Å². The fourth-order valence-electron chi connectivity index (χ4n) is 2.02. The highest BCUT2D eigenvalue weighted by molar-refractivity contribution is 7.15. The third-order valence-corrected chi connectivity index (χ3v) is 4.13. The van der Waals surface area contributed by atoms with Crippen molar-refractivity contribution in [2.75, 3.05) is 6.54 Å². The van der Waals surface area contributed by atoms with Crippen molar-refractivity contribution in [1.82, 2.24) is 30.5 Å². The molecule has 0 aliphatic carbocycles. The van der Waals surface area contributed by atoms with Gasteiger partial charge in [-0.05, 0) is 32.0 Å². The number of thiophene rings is 1. The van der Waals surface area contributed by atoms with Crippen LogP contribution in [0.15, 0.2) is 24.4 Å². The Balaban J connectivity index is 1.57. The van der Waals surface area contributed by atoms with Crippen LogP contribution in [0.25, 0.3) is 10.6 Å². The Bertz CT molecular complexity index is 787. The zero-order chi connectivity index (χ0) is 15.5. The highest BCUT2D eigenvalue weighted by Gasteiger charge is 2.12. The summed E-state index contributed by atoms with van der Waals surface area (Å²) in [6, 6.07) is 5.82. The average molecular weight is 316 g/mol. The Morgan fingerprint density at radius 3 is 2.95 bits per heavy atom. The lowest BCUT2D eigenvalue weighted by Gasteiger charge is -2.02. The molecule has 2 N–H and O–H groups in total. The van der Waals surface area contributed by atoms with Gasteiger partial charge in [0.05, 0.1) is 22.8 Å². The van der Waals surface area contributed by atoms with Gasteiger partial charge in [-0.25, -0.2) is 0 Å². The summed E-state index contributed by atoms with van der Waals surface area (Å²) in [5.74, 6) is -0.201. The molecule has 0 atom stereocenters. The van der Waals surface area contributed by atoms with E-state index >= 15 is 0 Å². The van der Waals surface area contributed by atoms with Crippen LogP contribution in [0, 0.1) is 13.8 Å². The second-order valence-electron chi connectivity index (χ2n) is 4.96. The number of hydrogen-bond acceptors (Lipinski definition) is 5. The lowest BCUT2D eigenvalue weighted by Crippen LogP contribution is -2.27. The first-order chi connectivity index (χ1) is 10.6. The largest absolute Gasteiger partial charge is 0.349 e. The number of nitrogens with one attached hydrogen (secondary N) is 2. The molecule has 0 saturated heterocycles. The van der Waals surface area contributed by atoms with Gasteiger partial charge in [0.15, 0.2) is 5.69 Å². The van der Waals surface area contributed by atoms with Crippen LogP contribution in [0.5, 0.6) is 0 Å². The maximum atomic E-state index is 12.1. The van der Waals surface area contributed by atoms with Crippen molar-refractivity contribution in [3.05, 3.63) is 40.7 Å². The Hall–Kier alpha value is -2.48. The topological polar surface area (TPSA) is 88.5 Å². The number of carbonyl (C=O) groups is 1. The average Bonchev–Trinajstić information content (AvgIpc) is 3.19. The second kappa shape index (κ2) is 6.10. The van der Waals surface area contributed by atoms with Crippen molar-refractivity contribution < 1.29 is 4.79 Å². The van der Waals surface area contributed by atoms with E-state index in [1.165, 1.54) is 4.88 Å². The summed E-state index contributed by atoms with van der Waals surface area (Å²) in [6.45, 7) is 4.97. The Kier molecular flexibility index (Phi) is 4.01. The maximum absolute atomic E-state index is 12.1. The third-order valence-electron chi connectivity index (χ3n) is 3.10. The van der Waals surface area contributed by atoms with E-state index in [-0.39, 0.29) is 5.91 Å². The predicted molar refractivity (Wildman–Crippen MR) is 83.7 cm³/mol. The maximum Gasteiger partial charge on any atom is 0.271 e. The molecule has 0 aromatic carbocycles. The molecule has 1 amide bonds. The second-order valence-corrected chi connectivity index (χ2v) is 6.24. The van der Waals surface area contributed by atoms with Gasteiger partial charge in [-0.1, -0.05) is 5.21 Å². The van der Waals surface area contributed by atoms with Crippen LogP contribution >= 0.6 is 11.3 Å². The van der Waals surface area contributed by atoms with E-state index in [1.54, 1.807) is 22.1 Å². The number of rotatable bonds is 5. The Morgan fingerprint density at radius 1 is 1.41 bits per heavy atom. The van der Waals surface area contributed by atoms with Crippen LogP contribution < -0.4 is 5.32 Å². The Morgan fingerprint density at radius 2 is 2.27 bits per heavy atom. The third kappa shape index (κ3) is 3.22. The summed E-state index contributed by atoms with van der Waals surface area (Å²) in [7, 11) is 0. The van der Waals surface area contributed by atoms with Crippen LogP contribution in [-0.2, 0) is 6.54 Å². The van der Waals surface area contributed by atoms with E-state index in [9.17, 15) is 4.79 Å². The minimum atomic E-state index is -0.201. The van der Waals surface area contributed by atoms with Crippen molar-refractivity contribution in [2.24, 2.45) is 0 Å². The van der Waals surface area contributed by atoms with Crippen molar-refractivity contribution in [3.63, 3.8) is 0 Å². The molecular weight excluding hydrogens is 300 g/mol. The summed E-state index contributed by atoms with van der Waals surface area (Å²) in [5.41, 5.74) is 2.10. The molecule has 22 heavy (non-hydrogen) atoms. The number of aromatic nitrogens is 5. The number of hydrogen-bond donors (Lipinski definition) is 2. The molecule has 0 spiro atoms. The highest BCUT2D eigenvalue weighted by atomic mass is 32.1. The number of H-pyrrole nitrogens is 1. The first-order valence-corrected chi connectivity index (χ1v) is 7.70. The van der Waals surface area contributed by atoms with E-state index in [0.29, 0.717) is 18.8 Å². The van der Waals surface area contributed by atoms with Gasteiger partial charge in [-0.15, -0.1) is 16.4 Å². The fourth-order valence-corrected chi connectivity index (χ4v) is 2.86. The van der Waals surface area contributed by atoms with Gasteiger partial charge in [-0.3, -0.25) is 14.6 Å². The molecule has 114 valence electrons. The standard InChI is InChI=1S/C14H16N6OS/c1-9-8-20(19-16-9)6-5-15-14(21)12-7-11(17-18-12)13-4-3-10(2)22-13/h3-4,7-8H,5-6H2,1-2H3,(H,15,21)(H,17,18). The SMILES string of the molecule is Cc1cn(CCNC(=O)c2cc(-c3ccc(C)s3)[nH]n2)nn1. The molecule has 3 aromatic rings. The van der Waals surface area contributed by atoms with Crippen LogP contribution in [-0.4, -0.2) is 37.6 Å². The van der Waals surface area contributed by atoms with Crippen LogP contribution in [0.2, 0.25) is 0 Å². The van der Waals surface area contributed by atoms with Crippen LogP contribution in [0.4, 0.5) is 0 Å². The van der Waals surface area contributed by atoms with Crippen LogP contribution in [0.3, 0.4) is 0 Å². The molecule has 0 fully saturated rings. The molecule has 0 bridgehead atoms. The number of aryl methyl sites for hydroxylation is 2. The van der Waals surface area contributed by atoms with Gasteiger partial charge < -0.3 is 5.32 Å². The number of carbonyl (C=O) groups excluding carboxylic acids is 1. The van der Waals surface area contributed by atoms with Crippen molar-refractivity contribution in [3.8, 4) is 10.6 Å². The van der Waals surface area contributed by atoms with Gasteiger partial charge in [0.25, 0.3) is 5.91 Å². The molecule has 0 unspecified atom stereocenters. The van der Waals surface area contributed by atoms with Crippen LogP contribution in [0.1, 0.15) is 21.1 Å². The lowest BCUT2D eigenvalue weighted by atomic mass is 10.3. The summed E-state index contributed by atoms with van der Waals surface area (Å²) in [6.07, 6.45) is 1.83. The van der Waals surface area contributed by atoms with Gasteiger partial charge in [-0.2, -0.15) is 5.10 Å². The number of aromatic amines is 1. The monoisotopic (exact) mass is 316 g/mol. The molecule has 8 heteroatoms.